The van der Waals surface area contributed by atoms with Gasteiger partial charge in [0.25, 0.3) is 0 Å². The number of carbonyl (C=O) groups is 4. The molecule has 16 aliphatic carbocycles. The van der Waals surface area contributed by atoms with E-state index < -0.39 is 34.2 Å². The predicted molar refractivity (Wildman–Crippen MR) is 193 cm³/mol. The first-order valence-electron chi connectivity index (χ1n) is 21.9. The van der Waals surface area contributed by atoms with E-state index in [1.165, 1.54) is 77.0 Å². The molecule has 0 aromatic rings. The smallest absolute Gasteiger partial charge is 0.311 e. The summed E-state index contributed by atoms with van der Waals surface area (Å²) in [6.07, 6.45) is 25.6. The second kappa shape index (κ2) is 10.4. The van der Waals surface area contributed by atoms with Crippen molar-refractivity contribution in [1.82, 2.24) is 0 Å². The second-order valence-electron chi connectivity index (χ2n) is 23.5. The van der Waals surface area contributed by atoms with E-state index in [0.717, 1.165) is 77.0 Å². The van der Waals surface area contributed by atoms with Crippen molar-refractivity contribution < 1.29 is 39.2 Å². The molecule has 8 nitrogen and oxygen atoms in total. The fourth-order valence-corrected chi connectivity index (χ4v) is 20.7. The van der Waals surface area contributed by atoms with Crippen LogP contribution in [0.1, 0.15) is 154 Å². The van der Waals surface area contributed by atoms with Gasteiger partial charge >= 0.3 is 23.9 Å². The Kier molecular flexibility index (Phi) is 6.72. The largest absolute Gasteiger partial charge is 0.481 e. The van der Waals surface area contributed by atoms with Crippen molar-refractivity contribution in [3.05, 3.63) is 0 Å². The van der Waals surface area contributed by atoms with Gasteiger partial charge in [-0.1, -0.05) is 0 Å². The zero-order chi connectivity index (χ0) is 36.6. The molecule has 3 N–H and O–H groups in total. The Hall–Kier alpha value is -2.12. The Morgan fingerprint density at radius 1 is 0.377 bits per heavy atom. The summed E-state index contributed by atoms with van der Waals surface area (Å²) in [4.78, 5) is 49.9. The standard InChI is InChI=1S/C23H32O4.C22H30O4/c1-27-19(26)21-6-16-3-17(7-21)11-23(10-16,13-21)22-8-14-2-15(9-22)5-20(4-14,12-22)18(24)25;23-17(24)19-3-13-1-14(4-19)8-21(7-13,11-19)22-9-15-2-16(10-22)6-20(5-15,12-22)18(25)26/h14-17H,2-13H2,1H3,(H,24,25);13-16H,1-12H2,(H,23,24)(H,25,26). The molecular weight excluding hydrogens is 668 g/mol. The molecule has 8 atom stereocenters. The number of ether oxygens (including phenoxy) is 1. The summed E-state index contributed by atoms with van der Waals surface area (Å²) in [6, 6.07) is 0. The Bertz CT molecular complexity index is 1560. The lowest BCUT2D eigenvalue weighted by molar-refractivity contribution is -0.243. The average molecular weight is 731 g/mol. The first-order chi connectivity index (χ1) is 25.1. The SMILES string of the molecule is COC(=O)C12CC3CC(C1)CC(C14CC5CC(CC(C(=O)O)(C5)C1)C4)(C3)C2.O=C(O)C12CC3CC(C1)CC(C14CC5CC(CC(C(=O)O)(C5)C1)C4)(C3)C2. The molecule has 290 valence electrons. The van der Waals surface area contributed by atoms with Gasteiger partial charge in [-0.25, -0.2) is 0 Å². The first kappa shape index (κ1) is 34.2. The molecule has 16 fully saturated rings. The summed E-state index contributed by atoms with van der Waals surface area (Å²) in [5.41, 5.74) is -1.11. The third kappa shape index (κ3) is 4.36. The highest BCUT2D eigenvalue weighted by Gasteiger charge is 2.74. The third-order valence-corrected chi connectivity index (χ3v) is 20.5. The normalized spacial score (nSPS) is 58.0. The van der Waals surface area contributed by atoms with E-state index in [4.69, 9.17) is 4.74 Å². The molecule has 0 aromatic heterocycles. The monoisotopic (exact) mass is 730 g/mol. The maximum absolute atomic E-state index is 12.9. The van der Waals surface area contributed by atoms with Gasteiger partial charge in [0.05, 0.1) is 28.8 Å². The van der Waals surface area contributed by atoms with Gasteiger partial charge in [-0.3, -0.25) is 19.2 Å². The molecule has 8 unspecified atom stereocenters. The van der Waals surface area contributed by atoms with Gasteiger partial charge < -0.3 is 20.1 Å². The van der Waals surface area contributed by atoms with E-state index in [-0.39, 0.29) is 33.0 Å². The van der Waals surface area contributed by atoms with Crippen LogP contribution in [0.25, 0.3) is 0 Å². The molecule has 53 heavy (non-hydrogen) atoms. The van der Waals surface area contributed by atoms with E-state index in [2.05, 4.69) is 0 Å². The molecule has 0 spiro atoms. The summed E-state index contributed by atoms with van der Waals surface area (Å²) >= 11 is 0. The topological polar surface area (TPSA) is 138 Å². The van der Waals surface area contributed by atoms with Crippen molar-refractivity contribution in [3.8, 4) is 0 Å². The van der Waals surface area contributed by atoms with Gasteiger partial charge in [0, 0.05) is 0 Å². The number of hydrogen-bond donors (Lipinski definition) is 3. The van der Waals surface area contributed by atoms with Crippen LogP contribution < -0.4 is 0 Å². The molecular formula is C45H62O8. The molecule has 16 saturated carbocycles. The fourth-order valence-electron chi connectivity index (χ4n) is 20.7. The van der Waals surface area contributed by atoms with E-state index in [0.29, 0.717) is 47.3 Å². The summed E-state index contributed by atoms with van der Waals surface area (Å²) in [5.74, 6) is 3.16. The Morgan fingerprint density at radius 2 is 0.585 bits per heavy atom. The molecule has 0 radical (unpaired) electrons. The van der Waals surface area contributed by atoms with Crippen LogP contribution in [-0.2, 0) is 23.9 Å². The van der Waals surface area contributed by atoms with Crippen LogP contribution in [-0.4, -0.2) is 46.3 Å². The highest BCUT2D eigenvalue weighted by Crippen LogP contribution is 2.80. The van der Waals surface area contributed by atoms with Gasteiger partial charge in [0.15, 0.2) is 0 Å². The summed E-state index contributed by atoms with van der Waals surface area (Å²) in [7, 11) is 1.55. The van der Waals surface area contributed by atoms with Crippen molar-refractivity contribution in [2.75, 3.05) is 7.11 Å². The predicted octanol–water partition coefficient (Wildman–Crippen LogP) is 8.75. The number of aliphatic carboxylic acids is 3. The van der Waals surface area contributed by atoms with Gasteiger partial charge in [0.1, 0.15) is 0 Å². The molecule has 0 heterocycles. The average Bonchev–Trinajstić information content (AvgIpc) is 3.06. The number of methoxy groups -OCH3 is 1. The van der Waals surface area contributed by atoms with Gasteiger partial charge in [-0.05, 0) is 223 Å². The lowest BCUT2D eigenvalue weighted by Crippen LogP contribution is -2.66. The van der Waals surface area contributed by atoms with Gasteiger partial charge in [-0.2, -0.15) is 0 Å². The van der Waals surface area contributed by atoms with Crippen LogP contribution in [0, 0.1) is 90.7 Å². The highest BCUT2D eigenvalue weighted by molar-refractivity contribution is 5.78. The number of carboxylic acid groups (broad SMARTS) is 3. The van der Waals surface area contributed by atoms with Gasteiger partial charge in [0.2, 0.25) is 0 Å². The number of rotatable bonds is 6. The minimum absolute atomic E-state index is 0.0265. The van der Waals surface area contributed by atoms with Gasteiger partial charge in [-0.15, -0.1) is 0 Å². The zero-order valence-electron chi connectivity index (χ0n) is 32.0. The summed E-state index contributed by atoms with van der Waals surface area (Å²) in [6.45, 7) is 0. The Labute approximate surface area is 314 Å². The zero-order valence-corrected chi connectivity index (χ0v) is 32.0. The number of esters is 1. The molecule has 0 saturated heterocycles. The van der Waals surface area contributed by atoms with Crippen LogP contribution >= 0.6 is 0 Å². The molecule has 16 aliphatic rings. The molecule has 0 aliphatic heterocycles. The van der Waals surface area contributed by atoms with Crippen molar-refractivity contribution in [2.45, 2.75) is 154 Å². The number of hydrogen-bond acceptors (Lipinski definition) is 5. The van der Waals surface area contributed by atoms with Crippen molar-refractivity contribution >= 4 is 23.9 Å². The molecule has 0 aromatic carbocycles. The summed E-state index contributed by atoms with van der Waals surface area (Å²) < 4.78 is 5.32. The maximum atomic E-state index is 12.9. The van der Waals surface area contributed by atoms with Crippen LogP contribution in [0.15, 0.2) is 0 Å². The third-order valence-electron chi connectivity index (χ3n) is 20.5. The van der Waals surface area contributed by atoms with Crippen LogP contribution in [0.2, 0.25) is 0 Å². The van der Waals surface area contributed by atoms with Crippen LogP contribution in [0.3, 0.4) is 0 Å². The minimum Gasteiger partial charge on any atom is -0.481 e. The van der Waals surface area contributed by atoms with Crippen molar-refractivity contribution in [1.29, 1.82) is 0 Å². The van der Waals surface area contributed by atoms with E-state index in [1.807, 2.05) is 0 Å². The van der Waals surface area contributed by atoms with Crippen LogP contribution in [0.5, 0.6) is 0 Å². The lowest BCUT2D eigenvalue weighted by Gasteiger charge is -2.72. The molecule has 16 bridgehead atoms. The number of carbonyl (C=O) groups excluding carboxylic acids is 1. The lowest BCUT2D eigenvalue weighted by atomic mass is 9.31. The first-order valence-corrected chi connectivity index (χ1v) is 21.9. The van der Waals surface area contributed by atoms with Crippen molar-refractivity contribution in [3.63, 3.8) is 0 Å². The van der Waals surface area contributed by atoms with E-state index in [1.54, 1.807) is 7.11 Å². The quantitative estimate of drug-likeness (QED) is 0.231. The highest BCUT2D eigenvalue weighted by atomic mass is 16.5. The number of carboxylic acids is 3. The molecule has 16 rings (SSSR count). The summed E-state index contributed by atoms with van der Waals surface area (Å²) in [5, 5.41) is 30.4. The fraction of sp³-hybridized carbons (Fsp3) is 0.911. The van der Waals surface area contributed by atoms with Crippen LogP contribution in [0.4, 0.5) is 0 Å². The Balaban J connectivity index is 0.000000125. The Morgan fingerprint density at radius 3 is 0.792 bits per heavy atom. The van der Waals surface area contributed by atoms with E-state index in [9.17, 15) is 34.5 Å². The minimum atomic E-state index is -0.561. The second-order valence-corrected chi connectivity index (χ2v) is 23.5. The molecule has 8 heteroatoms. The van der Waals surface area contributed by atoms with E-state index >= 15 is 0 Å². The maximum Gasteiger partial charge on any atom is 0.311 e. The molecule has 0 amide bonds. The van der Waals surface area contributed by atoms with Crippen molar-refractivity contribution in [2.24, 2.45) is 90.7 Å².